The second kappa shape index (κ2) is 9.16. The fourth-order valence-corrected chi connectivity index (χ4v) is 4.36. The molecule has 6 nitrogen and oxygen atoms in total. The van der Waals surface area contributed by atoms with Crippen LogP contribution in [0.1, 0.15) is 30.4 Å². The van der Waals surface area contributed by atoms with E-state index in [4.69, 9.17) is 4.84 Å². The zero-order valence-corrected chi connectivity index (χ0v) is 17.5. The standard InChI is InChI=1S/C25H27N3O3/c1-2-23(29)26-18-25(20-11-7-4-8-12-20)13-15-28(16-14-25)24(30)22-17-21(27-31-22)19-9-5-3-6-10-19/h2-12,22H,1,13-18H2,(H,26,29). The summed E-state index contributed by atoms with van der Waals surface area (Å²) in [5.41, 5.74) is 2.76. The second-order valence-electron chi connectivity index (χ2n) is 8.10. The minimum absolute atomic E-state index is 0.0218. The number of carbonyl (C=O) groups excluding carboxylic acids is 2. The van der Waals surface area contributed by atoms with Gasteiger partial charge < -0.3 is 15.1 Å². The number of nitrogens with one attached hydrogen (secondary N) is 1. The van der Waals surface area contributed by atoms with Gasteiger partial charge in [0.2, 0.25) is 12.0 Å². The van der Waals surface area contributed by atoms with E-state index in [0.29, 0.717) is 26.1 Å². The van der Waals surface area contributed by atoms with Crippen molar-refractivity contribution in [2.45, 2.75) is 30.8 Å². The first kappa shape index (κ1) is 20.8. The van der Waals surface area contributed by atoms with Crippen molar-refractivity contribution >= 4 is 17.5 Å². The average Bonchev–Trinajstić information content (AvgIpc) is 3.34. The first-order valence-electron chi connectivity index (χ1n) is 10.6. The smallest absolute Gasteiger partial charge is 0.266 e. The molecule has 0 spiro atoms. The highest BCUT2D eigenvalue weighted by Gasteiger charge is 2.40. The number of hydrogen-bond donors (Lipinski definition) is 1. The Hall–Kier alpha value is -3.41. The third-order valence-corrected chi connectivity index (χ3v) is 6.26. The summed E-state index contributed by atoms with van der Waals surface area (Å²) in [5.74, 6) is -0.203. The van der Waals surface area contributed by atoms with Crippen molar-refractivity contribution in [3.8, 4) is 0 Å². The number of amides is 2. The predicted molar refractivity (Wildman–Crippen MR) is 120 cm³/mol. The summed E-state index contributed by atoms with van der Waals surface area (Å²) in [7, 11) is 0. The molecule has 0 aromatic heterocycles. The SMILES string of the molecule is C=CC(=O)NCC1(c2ccccc2)CCN(C(=O)C2CC(c3ccccc3)=NO2)CC1. The van der Waals surface area contributed by atoms with Crippen LogP contribution in [0.3, 0.4) is 0 Å². The summed E-state index contributed by atoms with van der Waals surface area (Å²) < 4.78 is 0. The molecule has 1 atom stereocenters. The van der Waals surface area contributed by atoms with E-state index in [1.54, 1.807) is 0 Å². The molecule has 2 aromatic rings. The first-order valence-corrected chi connectivity index (χ1v) is 10.6. The maximum Gasteiger partial charge on any atom is 0.266 e. The van der Waals surface area contributed by atoms with Gasteiger partial charge in [0.15, 0.2) is 0 Å². The molecule has 0 bridgehead atoms. The third-order valence-electron chi connectivity index (χ3n) is 6.26. The molecule has 0 radical (unpaired) electrons. The number of oxime groups is 1. The quantitative estimate of drug-likeness (QED) is 0.735. The number of carbonyl (C=O) groups is 2. The number of benzene rings is 2. The van der Waals surface area contributed by atoms with Gasteiger partial charge in [-0.3, -0.25) is 9.59 Å². The molecule has 0 aliphatic carbocycles. The number of likely N-dealkylation sites (tertiary alicyclic amines) is 1. The van der Waals surface area contributed by atoms with Crippen LogP contribution in [0.4, 0.5) is 0 Å². The summed E-state index contributed by atoms with van der Waals surface area (Å²) in [6, 6.07) is 20.0. The number of rotatable bonds is 6. The fraction of sp³-hybridized carbons (Fsp3) is 0.320. The molecule has 0 saturated carbocycles. The lowest BCUT2D eigenvalue weighted by Gasteiger charge is -2.42. The summed E-state index contributed by atoms with van der Waals surface area (Å²) in [4.78, 5) is 32.2. The zero-order valence-electron chi connectivity index (χ0n) is 17.5. The van der Waals surface area contributed by atoms with Crippen molar-refractivity contribution in [2.24, 2.45) is 5.16 Å². The molecule has 1 unspecified atom stereocenters. The molecular formula is C25H27N3O3. The number of hydrogen-bond acceptors (Lipinski definition) is 4. The van der Waals surface area contributed by atoms with Crippen molar-refractivity contribution in [1.82, 2.24) is 10.2 Å². The van der Waals surface area contributed by atoms with Crippen molar-refractivity contribution in [3.05, 3.63) is 84.4 Å². The largest absolute Gasteiger partial charge is 0.382 e. The number of piperidine rings is 1. The monoisotopic (exact) mass is 417 g/mol. The van der Waals surface area contributed by atoms with Gasteiger partial charge in [-0.05, 0) is 30.0 Å². The van der Waals surface area contributed by atoms with Gasteiger partial charge in [-0.25, -0.2) is 0 Å². The molecule has 160 valence electrons. The van der Waals surface area contributed by atoms with Crippen LogP contribution in [-0.2, 0) is 19.8 Å². The Labute approximate surface area is 182 Å². The maximum atomic E-state index is 13.1. The van der Waals surface area contributed by atoms with Crippen LogP contribution in [0.15, 0.2) is 78.5 Å². The molecule has 2 amide bonds. The second-order valence-corrected chi connectivity index (χ2v) is 8.10. The van der Waals surface area contributed by atoms with E-state index < -0.39 is 6.10 Å². The van der Waals surface area contributed by atoms with Crippen LogP contribution >= 0.6 is 0 Å². The van der Waals surface area contributed by atoms with Crippen molar-refractivity contribution < 1.29 is 14.4 Å². The molecule has 2 aliphatic rings. The minimum Gasteiger partial charge on any atom is -0.382 e. The lowest BCUT2D eigenvalue weighted by Crippen LogP contribution is -2.52. The highest BCUT2D eigenvalue weighted by molar-refractivity contribution is 6.04. The number of nitrogens with zero attached hydrogens (tertiary/aromatic N) is 2. The van der Waals surface area contributed by atoms with Gasteiger partial charge in [-0.1, -0.05) is 72.4 Å². The Morgan fingerprint density at radius 3 is 2.39 bits per heavy atom. The van der Waals surface area contributed by atoms with E-state index >= 15 is 0 Å². The minimum atomic E-state index is -0.570. The van der Waals surface area contributed by atoms with Crippen molar-refractivity contribution in [1.29, 1.82) is 0 Å². The van der Waals surface area contributed by atoms with E-state index in [1.807, 2.05) is 53.4 Å². The van der Waals surface area contributed by atoms with Crippen LogP contribution in [0.5, 0.6) is 0 Å². The van der Waals surface area contributed by atoms with E-state index in [0.717, 1.165) is 24.1 Å². The van der Waals surface area contributed by atoms with E-state index in [-0.39, 0.29) is 17.2 Å². The zero-order chi connectivity index (χ0) is 21.7. The summed E-state index contributed by atoms with van der Waals surface area (Å²) >= 11 is 0. The molecular weight excluding hydrogens is 390 g/mol. The Kier molecular flexibility index (Phi) is 6.16. The van der Waals surface area contributed by atoms with Crippen LogP contribution in [0.25, 0.3) is 0 Å². The topological polar surface area (TPSA) is 71.0 Å². The molecule has 1 N–H and O–H groups in total. The van der Waals surface area contributed by atoms with Gasteiger partial charge in [-0.15, -0.1) is 0 Å². The van der Waals surface area contributed by atoms with E-state index in [1.165, 1.54) is 11.6 Å². The first-order chi connectivity index (χ1) is 15.1. The Morgan fingerprint density at radius 2 is 1.74 bits per heavy atom. The lowest BCUT2D eigenvalue weighted by atomic mass is 9.72. The third kappa shape index (κ3) is 4.53. The summed E-state index contributed by atoms with van der Waals surface area (Å²) in [6.45, 7) is 5.28. The van der Waals surface area contributed by atoms with E-state index in [2.05, 4.69) is 29.2 Å². The summed E-state index contributed by atoms with van der Waals surface area (Å²) in [6.07, 6.45) is 2.73. The van der Waals surface area contributed by atoms with Crippen LogP contribution < -0.4 is 5.32 Å². The molecule has 31 heavy (non-hydrogen) atoms. The van der Waals surface area contributed by atoms with Gasteiger partial charge in [0.05, 0.1) is 5.71 Å². The van der Waals surface area contributed by atoms with Gasteiger partial charge >= 0.3 is 0 Å². The predicted octanol–water partition coefficient (Wildman–Crippen LogP) is 3.04. The molecule has 6 heteroatoms. The van der Waals surface area contributed by atoms with Crippen LogP contribution in [-0.4, -0.2) is 48.2 Å². The highest BCUT2D eigenvalue weighted by Crippen LogP contribution is 2.35. The fourth-order valence-electron chi connectivity index (χ4n) is 4.36. The Morgan fingerprint density at radius 1 is 1.10 bits per heavy atom. The van der Waals surface area contributed by atoms with Crippen molar-refractivity contribution in [3.63, 3.8) is 0 Å². The average molecular weight is 418 g/mol. The molecule has 2 aromatic carbocycles. The molecule has 1 fully saturated rings. The molecule has 1 saturated heterocycles. The van der Waals surface area contributed by atoms with Gasteiger partial charge in [0.1, 0.15) is 0 Å². The normalized spacial score (nSPS) is 19.8. The molecule has 2 aliphatic heterocycles. The summed E-state index contributed by atoms with van der Waals surface area (Å²) in [5, 5.41) is 7.11. The Bertz CT molecular complexity index is 964. The van der Waals surface area contributed by atoms with Gasteiger partial charge in [-0.2, -0.15) is 0 Å². The van der Waals surface area contributed by atoms with E-state index in [9.17, 15) is 9.59 Å². The molecule has 2 heterocycles. The van der Waals surface area contributed by atoms with Crippen LogP contribution in [0.2, 0.25) is 0 Å². The molecule has 4 rings (SSSR count). The Balaban J connectivity index is 1.40. The van der Waals surface area contributed by atoms with Gasteiger partial charge in [0, 0.05) is 31.5 Å². The maximum absolute atomic E-state index is 13.1. The highest BCUT2D eigenvalue weighted by atomic mass is 16.6. The van der Waals surface area contributed by atoms with Crippen molar-refractivity contribution in [2.75, 3.05) is 19.6 Å². The van der Waals surface area contributed by atoms with Gasteiger partial charge in [0.25, 0.3) is 5.91 Å². The lowest BCUT2D eigenvalue weighted by molar-refractivity contribution is -0.143. The van der Waals surface area contributed by atoms with Crippen LogP contribution in [0, 0.1) is 0 Å².